The van der Waals surface area contributed by atoms with Gasteiger partial charge in [-0.1, -0.05) is 0 Å². The van der Waals surface area contributed by atoms with Crippen molar-refractivity contribution in [1.82, 2.24) is 9.55 Å². The van der Waals surface area contributed by atoms with Crippen LogP contribution in [0.3, 0.4) is 0 Å². The van der Waals surface area contributed by atoms with Crippen LogP contribution in [0.2, 0.25) is 0 Å². The van der Waals surface area contributed by atoms with Crippen molar-refractivity contribution < 1.29 is 8.78 Å². The number of anilines is 1. The predicted octanol–water partition coefficient (Wildman–Crippen LogP) is 3.58. The highest BCUT2D eigenvalue weighted by atomic mass is 19.1. The first-order valence-corrected chi connectivity index (χ1v) is 6.31. The summed E-state index contributed by atoms with van der Waals surface area (Å²) in [5, 5.41) is 0. The van der Waals surface area contributed by atoms with Crippen molar-refractivity contribution in [1.29, 1.82) is 0 Å². The minimum Gasteiger partial charge on any atom is -0.396 e. The molecule has 2 N–H and O–H groups in total. The number of hydrogen-bond acceptors (Lipinski definition) is 2. The standard InChI is InChI=1S/C15H13F2N3/c1-2-20-14-6-4-10(16)8-13(14)19-15(20)9-3-5-12(18)11(17)7-9/h3-8H,2,18H2,1H3. The summed E-state index contributed by atoms with van der Waals surface area (Å²) in [6.07, 6.45) is 0. The summed E-state index contributed by atoms with van der Waals surface area (Å²) in [5.74, 6) is -0.219. The second-order valence-electron chi connectivity index (χ2n) is 4.55. The molecule has 0 bridgehead atoms. The number of rotatable bonds is 2. The third-order valence-electron chi connectivity index (χ3n) is 3.29. The highest BCUT2D eigenvalue weighted by molar-refractivity contribution is 5.81. The van der Waals surface area contributed by atoms with Crippen molar-refractivity contribution in [2.24, 2.45) is 0 Å². The van der Waals surface area contributed by atoms with E-state index >= 15 is 0 Å². The van der Waals surface area contributed by atoms with E-state index in [-0.39, 0.29) is 11.5 Å². The van der Waals surface area contributed by atoms with E-state index in [2.05, 4.69) is 4.98 Å². The Bertz CT molecular complexity index is 793. The van der Waals surface area contributed by atoms with Gasteiger partial charge < -0.3 is 10.3 Å². The third-order valence-corrected chi connectivity index (χ3v) is 3.29. The van der Waals surface area contributed by atoms with Crippen LogP contribution >= 0.6 is 0 Å². The zero-order valence-electron chi connectivity index (χ0n) is 10.9. The van der Waals surface area contributed by atoms with Gasteiger partial charge in [-0.05, 0) is 37.3 Å². The van der Waals surface area contributed by atoms with Gasteiger partial charge in [-0.25, -0.2) is 13.8 Å². The van der Waals surface area contributed by atoms with Gasteiger partial charge >= 0.3 is 0 Å². The molecule has 3 rings (SSSR count). The number of fused-ring (bicyclic) bond motifs is 1. The summed E-state index contributed by atoms with van der Waals surface area (Å²) in [6, 6.07) is 9.01. The topological polar surface area (TPSA) is 43.8 Å². The second-order valence-corrected chi connectivity index (χ2v) is 4.55. The summed E-state index contributed by atoms with van der Waals surface area (Å²) in [4.78, 5) is 4.40. The molecule has 0 fully saturated rings. The Kier molecular flexibility index (Phi) is 2.89. The third kappa shape index (κ3) is 1.91. The molecule has 0 aliphatic carbocycles. The van der Waals surface area contributed by atoms with Gasteiger partial charge in [0.25, 0.3) is 0 Å². The largest absolute Gasteiger partial charge is 0.396 e. The Morgan fingerprint density at radius 2 is 1.95 bits per heavy atom. The van der Waals surface area contributed by atoms with E-state index in [0.717, 1.165) is 5.52 Å². The number of benzene rings is 2. The molecule has 0 aliphatic rings. The second kappa shape index (κ2) is 4.59. The van der Waals surface area contributed by atoms with Crippen LogP contribution in [0.5, 0.6) is 0 Å². The van der Waals surface area contributed by atoms with Crippen molar-refractivity contribution in [3.8, 4) is 11.4 Å². The molecule has 0 amide bonds. The Labute approximate surface area is 114 Å². The monoisotopic (exact) mass is 273 g/mol. The van der Waals surface area contributed by atoms with E-state index in [9.17, 15) is 8.78 Å². The smallest absolute Gasteiger partial charge is 0.146 e. The molecule has 3 nitrogen and oxygen atoms in total. The van der Waals surface area contributed by atoms with Crippen LogP contribution in [-0.2, 0) is 6.54 Å². The van der Waals surface area contributed by atoms with E-state index in [1.165, 1.54) is 24.3 Å². The zero-order chi connectivity index (χ0) is 14.3. The lowest BCUT2D eigenvalue weighted by Crippen LogP contribution is -1.98. The maximum atomic E-state index is 13.6. The Morgan fingerprint density at radius 3 is 2.65 bits per heavy atom. The molecule has 5 heteroatoms. The SMILES string of the molecule is CCn1c(-c2ccc(N)c(F)c2)nc2cc(F)ccc21. The van der Waals surface area contributed by atoms with Gasteiger partial charge in [0.15, 0.2) is 0 Å². The number of aromatic nitrogens is 2. The van der Waals surface area contributed by atoms with Crippen LogP contribution in [0.4, 0.5) is 14.5 Å². The van der Waals surface area contributed by atoms with Crippen molar-refractivity contribution in [3.05, 3.63) is 48.0 Å². The summed E-state index contributed by atoms with van der Waals surface area (Å²) in [7, 11) is 0. The van der Waals surface area contributed by atoms with Gasteiger partial charge in [0.2, 0.25) is 0 Å². The molecular weight excluding hydrogens is 260 g/mol. The fraction of sp³-hybridized carbons (Fsp3) is 0.133. The number of aryl methyl sites for hydroxylation is 1. The fourth-order valence-electron chi connectivity index (χ4n) is 2.31. The summed E-state index contributed by atoms with van der Waals surface area (Å²) in [6.45, 7) is 2.62. The highest BCUT2D eigenvalue weighted by Gasteiger charge is 2.13. The lowest BCUT2D eigenvalue weighted by atomic mass is 10.2. The molecule has 102 valence electrons. The van der Waals surface area contributed by atoms with E-state index in [0.29, 0.717) is 23.4 Å². The molecule has 0 spiro atoms. The number of nitrogens with two attached hydrogens (primary N) is 1. The fourth-order valence-corrected chi connectivity index (χ4v) is 2.31. The Balaban J connectivity index is 2.26. The first-order chi connectivity index (χ1) is 9.60. The van der Waals surface area contributed by atoms with Crippen LogP contribution in [-0.4, -0.2) is 9.55 Å². The summed E-state index contributed by atoms with van der Waals surface area (Å²) >= 11 is 0. The van der Waals surface area contributed by atoms with E-state index in [4.69, 9.17) is 5.73 Å². The maximum Gasteiger partial charge on any atom is 0.146 e. The number of nitrogen functional groups attached to an aromatic ring is 1. The lowest BCUT2D eigenvalue weighted by molar-refractivity contribution is 0.629. The number of imidazole rings is 1. The molecule has 0 saturated carbocycles. The number of nitrogens with zero attached hydrogens (tertiary/aromatic N) is 2. The maximum absolute atomic E-state index is 13.6. The predicted molar refractivity (Wildman–Crippen MR) is 75.2 cm³/mol. The van der Waals surface area contributed by atoms with Gasteiger partial charge in [0, 0.05) is 18.2 Å². The molecule has 0 saturated heterocycles. The average Bonchev–Trinajstić information content (AvgIpc) is 2.79. The molecule has 2 aromatic carbocycles. The minimum atomic E-state index is -0.483. The van der Waals surface area contributed by atoms with Gasteiger partial charge in [-0.15, -0.1) is 0 Å². The molecule has 1 aromatic heterocycles. The Hall–Kier alpha value is -2.43. The lowest BCUT2D eigenvalue weighted by Gasteiger charge is -2.07. The van der Waals surface area contributed by atoms with Crippen LogP contribution in [0.1, 0.15) is 6.92 Å². The molecule has 1 heterocycles. The number of halogens is 2. The van der Waals surface area contributed by atoms with Crippen molar-refractivity contribution in [3.63, 3.8) is 0 Å². The average molecular weight is 273 g/mol. The summed E-state index contributed by atoms with van der Waals surface area (Å²) in [5.41, 5.74) is 7.57. The van der Waals surface area contributed by atoms with Crippen molar-refractivity contribution in [2.45, 2.75) is 13.5 Å². The van der Waals surface area contributed by atoms with E-state index < -0.39 is 5.82 Å². The molecule has 0 unspecified atom stereocenters. The molecule has 20 heavy (non-hydrogen) atoms. The highest BCUT2D eigenvalue weighted by Crippen LogP contribution is 2.27. The summed E-state index contributed by atoms with van der Waals surface area (Å²) < 4.78 is 28.8. The number of hydrogen-bond donors (Lipinski definition) is 1. The van der Waals surface area contributed by atoms with Crippen molar-refractivity contribution >= 4 is 16.7 Å². The zero-order valence-corrected chi connectivity index (χ0v) is 10.9. The van der Waals surface area contributed by atoms with Crippen LogP contribution in [0.15, 0.2) is 36.4 Å². The molecule has 3 aromatic rings. The van der Waals surface area contributed by atoms with Gasteiger partial charge in [0.1, 0.15) is 17.5 Å². The first kappa shape index (κ1) is 12.6. The first-order valence-electron chi connectivity index (χ1n) is 6.31. The minimum absolute atomic E-state index is 0.0963. The van der Waals surface area contributed by atoms with Crippen LogP contribution < -0.4 is 5.73 Å². The molecular formula is C15H13F2N3. The van der Waals surface area contributed by atoms with Crippen LogP contribution in [0, 0.1) is 11.6 Å². The van der Waals surface area contributed by atoms with E-state index in [1.807, 2.05) is 11.5 Å². The van der Waals surface area contributed by atoms with Crippen LogP contribution in [0.25, 0.3) is 22.4 Å². The van der Waals surface area contributed by atoms with Crippen molar-refractivity contribution in [2.75, 3.05) is 5.73 Å². The van der Waals surface area contributed by atoms with E-state index in [1.54, 1.807) is 12.1 Å². The molecule has 0 radical (unpaired) electrons. The Morgan fingerprint density at radius 1 is 1.15 bits per heavy atom. The molecule has 0 atom stereocenters. The normalized spacial score (nSPS) is 11.2. The molecule has 0 aliphatic heterocycles. The van der Waals surface area contributed by atoms with Gasteiger partial charge in [-0.3, -0.25) is 0 Å². The van der Waals surface area contributed by atoms with Gasteiger partial charge in [-0.2, -0.15) is 0 Å². The van der Waals surface area contributed by atoms with Gasteiger partial charge in [0.05, 0.1) is 16.7 Å². The quantitative estimate of drug-likeness (QED) is 0.725.